The van der Waals surface area contributed by atoms with Crippen molar-refractivity contribution < 1.29 is 37.7 Å². The van der Waals surface area contributed by atoms with Gasteiger partial charge >= 0.3 is 26.4 Å². The number of ether oxygens (including phenoxy) is 2. The molecule has 0 aromatic heterocycles. The van der Waals surface area contributed by atoms with Crippen LogP contribution in [0.3, 0.4) is 0 Å². The lowest BCUT2D eigenvalue weighted by molar-refractivity contribution is 0.00578. The highest BCUT2D eigenvalue weighted by Crippen LogP contribution is 2.41. The van der Waals surface area contributed by atoms with Crippen molar-refractivity contribution in [3.05, 3.63) is 23.1 Å². The average Bonchev–Trinajstić information content (AvgIpc) is 3.22. The van der Waals surface area contributed by atoms with Gasteiger partial charge in [0.05, 0.1) is 28.4 Å². The van der Waals surface area contributed by atoms with E-state index in [9.17, 15) is 9.59 Å². The minimum atomic E-state index is -0.489. The molecule has 2 N–H and O–H groups in total. The Kier molecular flexibility index (Phi) is 11.6. The highest BCUT2D eigenvalue weighted by molar-refractivity contribution is 6.55. The predicted octanol–water partition coefficient (Wildman–Crippen LogP) is 7.24. The highest BCUT2D eigenvalue weighted by Gasteiger charge is 2.53. The van der Waals surface area contributed by atoms with Gasteiger partial charge in [0.1, 0.15) is 11.2 Å². The van der Waals surface area contributed by atoms with Gasteiger partial charge in [0, 0.05) is 6.04 Å². The summed E-state index contributed by atoms with van der Waals surface area (Å²) in [4.78, 5) is 23.9. The summed E-state index contributed by atoms with van der Waals surface area (Å²) in [5.41, 5.74) is -0.130. The molecule has 4 rings (SSSR count). The van der Waals surface area contributed by atoms with Gasteiger partial charge in [0.2, 0.25) is 0 Å². The number of rotatable bonds is 4. The fraction of sp³-hybridized carbons (Fsp3) is 0.824. The van der Waals surface area contributed by atoms with E-state index in [0.29, 0.717) is 0 Å². The summed E-state index contributed by atoms with van der Waals surface area (Å²) >= 11 is 0. The average molecular weight is 646 g/mol. The molecular weight excluding hydrogens is 586 g/mol. The van der Waals surface area contributed by atoms with Gasteiger partial charge < -0.3 is 38.7 Å². The molecule has 2 fully saturated rings. The molecule has 12 heteroatoms. The largest absolute Gasteiger partial charge is 0.490 e. The maximum absolute atomic E-state index is 11.9. The molecule has 2 saturated heterocycles. The topological polar surface area (TPSA) is 114 Å². The molecule has 2 aliphatic heterocycles. The first kappa shape index (κ1) is 38.4. The third-order valence-electron chi connectivity index (χ3n) is 9.33. The van der Waals surface area contributed by atoms with Gasteiger partial charge in [0.15, 0.2) is 0 Å². The number of amides is 2. The zero-order chi connectivity index (χ0) is 34.9. The molecule has 0 saturated carbocycles. The van der Waals surface area contributed by atoms with Crippen LogP contribution in [0.5, 0.6) is 0 Å². The maximum atomic E-state index is 11.9. The second kappa shape index (κ2) is 13.8. The third-order valence-corrected chi connectivity index (χ3v) is 9.33. The van der Waals surface area contributed by atoms with Crippen LogP contribution >= 0.6 is 0 Å². The van der Waals surface area contributed by atoms with Crippen molar-refractivity contribution in [2.45, 2.75) is 181 Å². The number of hydrogen-bond donors (Lipinski definition) is 2. The van der Waals surface area contributed by atoms with Crippen molar-refractivity contribution in [2.75, 3.05) is 0 Å². The van der Waals surface area contributed by atoms with Crippen LogP contribution in [0.25, 0.3) is 0 Å². The first-order chi connectivity index (χ1) is 20.8. The van der Waals surface area contributed by atoms with Crippen molar-refractivity contribution in [2.24, 2.45) is 0 Å². The summed E-state index contributed by atoms with van der Waals surface area (Å²) in [6, 6.07) is 0.0245. The van der Waals surface area contributed by atoms with E-state index in [1.807, 2.05) is 96.9 Å². The summed E-state index contributed by atoms with van der Waals surface area (Å²) in [7, 11) is -0.661. The van der Waals surface area contributed by atoms with Crippen molar-refractivity contribution in [3.63, 3.8) is 0 Å². The molecule has 2 unspecified atom stereocenters. The van der Waals surface area contributed by atoms with Crippen molar-refractivity contribution >= 4 is 26.4 Å². The first-order valence-corrected chi connectivity index (χ1v) is 16.9. The normalized spacial score (nSPS) is 26.7. The molecule has 2 amide bonds. The first-order valence-electron chi connectivity index (χ1n) is 16.9. The Hall–Kier alpha value is -2.01. The van der Waals surface area contributed by atoms with Crippen LogP contribution in [-0.2, 0) is 28.1 Å². The van der Waals surface area contributed by atoms with E-state index in [2.05, 4.69) is 22.8 Å². The fourth-order valence-electron chi connectivity index (χ4n) is 5.44. The molecule has 4 aliphatic rings. The second-order valence-corrected chi connectivity index (χ2v) is 17.0. The lowest BCUT2D eigenvalue weighted by atomic mass is 9.71. The van der Waals surface area contributed by atoms with Crippen LogP contribution in [0.1, 0.15) is 135 Å². The van der Waals surface area contributed by atoms with E-state index in [1.165, 1.54) is 0 Å². The van der Waals surface area contributed by atoms with Gasteiger partial charge in [0.25, 0.3) is 0 Å². The third kappa shape index (κ3) is 10.5. The van der Waals surface area contributed by atoms with E-state index in [4.69, 9.17) is 28.1 Å². The van der Waals surface area contributed by atoms with Crippen LogP contribution in [0.15, 0.2) is 23.1 Å². The molecule has 0 spiro atoms. The minimum absolute atomic E-state index is 0.0346. The van der Waals surface area contributed by atoms with Gasteiger partial charge in [-0.15, -0.1) is 0 Å². The Morgan fingerprint density at radius 2 is 1.15 bits per heavy atom. The Morgan fingerprint density at radius 3 is 1.61 bits per heavy atom. The molecule has 2 heterocycles. The summed E-state index contributed by atoms with van der Waals surface area (Å²) < 4.78 is 35.1. The zero-order valence-corrected chi connectivity index (χ0v) is 31.0. The van der Waals surface area contributed by atoms with Crippen LogP contribution < -0.4 is 10.6 Å². The molecule has 0 radical (unpaired) electrons. The van der Waals surface area contributed by atoms with E-state index >= 15 is 0 Å². The molecule has 10 nitrogen and oxygen atoms in total. The SMILES string of the molecule is CC(C)(C)OC(=O)NC1C=C(B2OC(C)(C)C(C)(C)O2)CCC1.CC(C)(C)OC(=O)NC1CCC=C(B2OC(C)(C)C(C)(C)O2)C1. The van der Waals surface area contributed by atoms with E-state index < -0.39 is 11.2 Å². The number of nitrogens with one attached hydrogen (secondary N) is 2. The lowest BCUT2D eigenvalue weighted by Crippen LogP contribution is -2.41. The Labute approximate surface area is 278 Å². The van der Waals surface area contributed by atoms with Gasteiger partial charge in [-0.25, -0.2) is 9.59 Å². The number of hydrogen-bond acceptors (Lipinski definition) is 8. The molecule has 0 aromatic carbocycles. The molecule has 46 heavy (non-hydrogen) atoms. The molecule has 260 valence electrons. The van der Waals surface area contributed by atoms with Crippen molar-refractivity contribution in [3.8, 4) is 0 Å². The van der Waals surface area contributed by atoms with Gasteiger partial charge in [-0.3, -0.25) is 0 Å². The van der Waals surface area contributed by atoms with E-state index in [-0.39, 0.29) is 60.9 Å². The lowest BCUT2D eigenvalue weighted by Gasteiger charge is -2.32. The van der Waals surface area contributed by atoms with Crippen LogP contribution in [0, 0.1) is 0 Å². The van der Waals surface area contributed by atoms with Gasteiger partial charge in [-0.2, -0.15) is 0 Å². The Balaban J connectivity index is 0.000000250. The molecule has 0 bridgehead atoms. The quantitative estimate of drug-likeness (QED) is 0.308. The summed E-state index contributed by atoms with van der Waals surface area (Å²) in [6.07, 6.45) is 8.87. The van der Waals surface area contributed by atoms with Gasteiger partial charge in [-0.05, 0) is 146 Å². The molecular formula is C34H60B2N2O8. The molecule has 2 aliphatic carbocycles. The summed E-state index contributed by atoms with van der Waals surface area (Å²) in [6.45, 7) is 27.6. The van der Waals surface area contributed by atoms with Crippen LogP contribution in [0.4, 0.5) is 9.59 Å². The fourth-order valence-corrected chi connectivity index (χ4v) is 5.44. The number of carbonyl (C=O) groups is 2. The number of carbonyl (C=O) groups excluding carboxylic acids is 2. The zero-order valence-electron chi connectivity index (χ0n) is 31.0. The van der Waals surface area contributed by atoms with Crippen molar-refractivity contribution in [1.29, 1.82) is 0 Å². The number of alkyl carbamates (subject to hydrolysis) is 2. The van der Waals surface area contributed by atoms with Crippen LogP contribution in [0.2, 0.25) is 0 Å². The highest BCUT2D eigenvalue weighted by atomic mass is 16.7. The minimum Gasteiger partial charge on any atom is -0.444 e. The van der Waals surface area contributed by atoms with E-state index in [0.717, 1.165) is 49.5 Å². The molecule has 2 atom stereocenters. The Morgan fingerprint density at radius 1 is 0.717 bits per heavy atom. The van der Waals surface area contributed by atoms with Crippen LogP contribution in [-0.4, -0.2) is 72.1 Å². The summed E-state index contributed by atoms with van der Waals surface area (Å²) in [5, 5.41) is 5.88. The standard InChI is InChI=1S/2C17H30BNO4/c2*1-15(2,3)21-14(20)19-13-10-8-9-12(11-13)18-22-16(4,5)17(6,7)23-18/h11,13H,8-10H2,1-7H3,(H,19,20);9,13H,8,10-11H2,1-7H3,(H,19,20). The smallest absolute Gasteiger partial charge is 0.444 e. The van der Waals surface area contributed by atoms with Crippen molar-refractivity contribution in [1.82, 2.24) is 10.6 Å². The second-order valence-electron chi connectivity index (χ2n) is 17.0. The maximum Gasteiger partial charge on any atom is 0.490 e. The monoisotopic (exact) mass is 646 g/mol. The molecule has 0 aromatic rings. The van der Waals surface area contributed by atoms with E-state index in [1.54, 1.807) is 0 Å². The van der Waals surface area contributed by atoms with Gasteiger partial charge in [-0.1, -0.05) is 12.2 Å². The number of allylic oxidation sites excluding steroid dienone is 2. The predicted molar refractivity (Wildman–Crippen MR) is 182 cm³/mol. The summed E-state index contributed by atoms with van der Waals surface area (Å²) in [5.74, 6) is 0. The Bertz CT molecular complexity index is 1130.